The van der Waals surface area contributed by atoms with Gasteiger partial charge in [0.2, 0.25) is 5.91 Å². The Morgan fingerprint density at radius 3 is 1.77 bits per heavy atom. The first-order valence-electron chi connectivity index (χ1n) is 8.49. The largest absolute Gasteiger partial charge is 0.355 e. The zero-order valence-electron chi connectivity index (χ0n) is 15.0. The molecule has 0 aliphatic heterocycles. The highest BCUT2D eigenvalue weighted by atomic mass is 16.2. The van der Waals surface area contributed by atoms with Crippen molar-refractivity contribution in [2.24, 2.45) is 0 Å². The highest BCUT2D eigenvalue weighted by Crippen LogP contribution is 2.08. The van der Waals surface area contributed by atoms with E-state index in [1.54, 1.807) is 0 Å². The summed E-state index contributed by atoms with van der Waals surface area (Å²) < 4.78 is 0. The predicted molar refractivity (Wildman–Crippen MR) is 92.1 cm³/mol. The Balaban J connectivity index is 3.24. The fourth-order valence-corrected chi connectivity index (χ4v) is 2.33. The number of carbonyl (C=O) groups excluding carboxylic acids is 2. The van der Waals surface area contributed by atoms with E-state index in [0.29, 0.717) is 18.9 Å². The van der Waals surface area contributed by atoms with Crippen LogP contribution >= 0.6 is 0 Å². The van der Waals surface area contributed by atoms with Crippen LogP contribution < -0.4 is 5.32 Å². The molecule has 0 fully saturated rings. The minimum atomic E-state index is 0.104. The molecule has 0 saturated carbocycles. The van der Waals surface area contributed by atoms with Gasteiger partial charge >= 0.3 is 0 Å². The molecule has 0 saturated heterocycles. The first kappa shape index (κ1) is 21.1. The van der Waals surface area contributed by atoms with Crippen LogP contribution in [0.4, 0.5) is 0 Å². The topological polar surface area (TPSA) is 52.7 Å². The molecule has 130 valence electrons. The van der Waals surface area contributed by atoms with Gasteiger partial charge < -0.3 is 15.1 Å². The van der Waals surface area contributed by atoms with Crippen LogP contribution in [0.25, 0.3) is 0 Å². The quantitative estimate of drug-likeness (QED) is 0.498. The monoisotopic (exact) mass is 313 g/mol. The SMILES string of the molecule is CN(C)CC(=O)CCCCCCCCCNC(=O)CN(C)C. The molecule has 1 N–H and O–H groups in total. The molecule has 0 aromatic rings. The molecule has 0 heterocycles. The molecule has 0 atom stereocenters. The number of ketones is 1. The van der Waals surface area contributed by atoms with Crippen molar-refractivity contribution in [2.75, 3.05) is 47.8 Å². The summed E-state index contributed by atoms with van der Waals surface area (Å²) in [5.74, 6) is 0.450. The Bertz CT molecular complexity index is 274. The summed E-state index contributed by atoms with van der Waals surface area (Å²) in [4.78, 5) is 26.7. The smallest absolute Gasteiger partial charge is 0.234 e. The van der Waals surface area contributed by atoms with Crippen LogP contribution in [0.1, 0.15) is 51.4 Å². The van der Waals surface area contributed by atoms with Gasteiger partial charge in [0, 0.05) is 13.0 Å². The number of nitrogens with one attached hydrogen (secondary N) is 1. The van der Waals surface area contributed by atoms with E-state index in [0.717, 1.165) is 32.2 Å². The highest BCUT2D eigenvalue weighted by molar-refractivity contribution is 5.80. The Labute approximate surface area is 136 Å². The molecular weight excluding hydrogens is 278 g/mol. The third-order valence-electron chi connectivity index (χ3n) is 3.41. The van der Waals surface area contributed by atoms with Crippen LogP contribution in [0, 0.1) is 0 Å². The van der Waals surface area contributed by atoms with Gasteiger partial charge in [-0.3, -0.25) is 9.59 Å². The molecule has 0 rings (SSSR count). The average molecular weight is 313 g/mol. The van der Waals surface area contributed by atoms with Crippen LogP contribution in [0.2, 0.25) is 0 Å². The summed E-state index contributed by atoms with van der Waals surface area (Å²) in [6.07, 6.45) is 8.77. The van der Waals surface area contributed by atoms with E-state index in [-0.39, 0.29) is 5.91 Å². The van der Waals surface area contributed by atoms with Gasteiger partial charge in [0.1, 0.15) is 5.78 Å². The maximum absolute atomic E-state index is 11.5. The molecule has 1 amide bonds. The van der Waals surface area contributed by atoms with E-state index >= 15 is 0 Å². The van der Waals surface area contributed by atoms with E-state index in [1.807, 2.05) is 38.0 Å². The van der Waals surface area contributed by atoms with Crippen molar-refractivity contribution < 1.29 is 9.59 Å². The second-order valence-corrected chi connectivity index (χ2v) is 6.59. The number of rotatable bonds is 14. The standard InChI is InChI=1S/C17H35N3O2/c1-19(2)14-16(21)12-10-8-6-5-7-9-11-13-18-17(22)15-20(3)4/h5-15H2,1-4H3,(H,18,22). The van der Waals surface area contributed by atoms with Gasteiger partial charge in [0.05, 0.1) is 13.1 Å². The van der Waals surface area contributed by atoms with Crippen LogP contribution in [0.5, 0.6) is 0 Å². The second kappa shape index (κ2) is 13.7. The third kappa shape index (κ3) is 15.4. The lowest BCUT2D eigenvalue weighted by atomic mass is 10.1. The van der Waals surface area contributed by atoms with Crippen molar-refractivity contribution in [1.29, 1.82) is 0 Å². The lowest BCUT2D eigenvalue weighted by Gasteiger charge is -2.09. The van der Waals surface area contributed by atoms with Gasteiger partial charge in [-0.05, 0) is 41.0 Å². The first-order valence-corrected chi connectivity index (χ1v) is 8.49. The number of nitrogens with zero attached hydrogens (tertiary/aromatic N) is 2. The van der Waals surface area contributed by atoms with Gasteiger partial charge in [-0.15, -0.1) is 0 Å². The third-order valence-corrected chi connectivity index (χ3v) is 3.41. The second-order valence-electron chi connectivity index (χ2n) is 6.59. The van der Waals surface area contributed by atoms with Gasteiger partial charge in [0.25, 0.3) is 0 Å². The van der Waals surface area contributed by atoms with Crippen LogP contribution in [-0.4, -0.2) is 69.3 Å². The van der Waals surface area contributed by atoms with Crippen molar-refractivity contribution in [3.8, 4) is 0 Å². The maximum atomic E-state index is 11.5. The number of hydrogen-bond acceptors (Lipinski definition) is 4. The highest BCUT2D eigenvalue weighted by Gasteiger charge is 2.03. The normalized spacial score (nSPS) is 11.2. The number of likely N-dealkylation sites (N-methyl/N-ethyl adjacent to an activating group) is 2. The fourth-order valence-electron chi connectivity index (χ4n) is 2.33. The molecule has 5 heteroatoms. The minimum absolute atomic E-state index is 0.104. The number of amides is 1. The summed E-state index contributed by atoms with van der Waals surface area (Å²) >= 11 is 0. The Hall–Kier alpha value is -0.940. The van der Waals surface area contributed by atoms with E-state index in [4.69, 9.17) is 0 Å². The number of hydrogen-bond donors (Lipinski definition) is 1. The van der Waals surface area contributed by atoms with E-state index in [1.165, 1.54) is 25.7 Å². The van der Waals surface area contributed by atoms with Crippen molar-refractivity contribution >= 4 is 11.7 Å². The van der Waals surface area contributed by atoms with E-state index in [2.05, 4.69) is 5.32 Å². The van der Waals surface area contributed by atoms with Gasteiger partial charge in [-0.25, -0.2) is 0 Å². The molecule has 0 spiro atoms. The lowest BCUT2D eigenvalue weighted by molar-refractivity contribution is -0.122. The van der Waals surface area contributed by atoms with Gasteiger partial charge in [-0.1, -0.05) is 32.1 Å². The zero-order valence-corrected chi connectivity index (χ0v) is 15.0. The predicted octanol–water partition coefficient (Wildman–Crippen LogP) is 1.92. The summed E-state index contributed by atoms with van der Waals surface area (Å²) in [6, 6.07) is 0. The van der Waals surface area contributed by atoms with Crippen molar-refractivity contribution in [2.45, 2.75) is 51.4 Å². The lowest BCUT2D eigenvalue weighted by Crippen LogP contribution is -2.33. The minimum Gasteiger partial charge on any atom is -0.355 e. The Morgan fingerprint density at radius 2 is 1.23 bits per heavy atom. The molecule has 0 aliphatic rings. The van der Waals surface area contributed by atoms with Crippen LogP contribution in [0.15, 0.2) is 0 Å². The molecule has 0 aliphatic carbocycles. The van der Waals surface area contributed by atoms with Crippen molar-refractivity contribution in [1.82, 2.24) is 15.1 Å². The zero-order chi connectivity index (χ0) is 16.8. The van der Waals surface area contributed by atoms with Crippen molar-refractivity contribution in [3.63, 3.8) is 0 Å². The molecule has 0 unspecified atom stereocenters. The summed E-state index contributed by atoms with van der Waals surface area (Å²) in [7, 11) is 7.66. The molecular formula is C17H35N3O2. The summed E-state index contributed by atoms with van der Waals surface area (Å²) in [5.41, 5.74) is 0. The van der Waals surface area contributed by atoms with Crippen LogP contribution in [0.3, 0.4) is 0 Å². The molecule has 0 radical (unpaired) electrons. The van der Waals surface area contributed by atoms with Crippen LogP contribution in [-0.2, 0) is 9.59 Å². The molecule has 0 aromatic carbocycles. The maximum Gasteiger partial charge on any atom is 0.234 e. The van der Waals surface area contributed by atoms with Crippen molar-refractivity contribution in [3.05, 3.63) is 0 Å². The Kier molecular flexibility index (Phi) is 13.1. The van der Waals surface area contributed by atoms with Gasteiger partial charge in [-0.2, -0.15) is 0 Å². The van der Waals surface area contributed by atoms with E-state index in [9.17, 15) is 9.59 Å². The molecule has 0 bridgehead atoms. The number of Topliss-reactive ketones (excluding diaryl/α,β-unsaturated/α-hetero) is 1. The Morgan fingerprint density at radius 1 is 0.727 bits per heavy atom. The average Bonchev–Trinajstić information content (AvgIpc) is 2.39. The molecule has 22 heavy (non-hydrogen) atoms. The summed E-state index contributed by atoms with van der Waals surface area (Å²) in [5, 5.41) is 2.93. The number of carbonyl (C=O) groups is 2. The summed E-state index contributed by atoms with van der Waals surface area (Å²) in [6.45, 7) is 1.82. The molecule has 0 aromatic heterocycles. The fraction of sp³-hybridized carbons (Fsp3) is 0.882. The van der Waals surface area contributed by atoms with Gasteiger partial charge in [0.15, 0.2) is 0 Å². The molecule has 5 nitrogen and oxygen atoms in total. The van der Waals surface area contributed by atoms with E-state index < -0.39 is 0 Å². The first-order chi connectivity index (χ1) is 10.4. The number of unbranched alkanes of at least 4 members (excludes halogenated alkanes) is 6.